The van der Waals surface area contributed by atoms with E-state index in [0.717, 1.165) is 0 Å². The average Bonchev–Trinajstić information content (AvgIpc) is 2.44. The number of amides is 2. The van der Waals surface area contributed by atoms with Crippen molar-refractivity contribution >= 4 is 23.5 Å². The van der Waals surface area contributed by atoms with E-state index in [4.69, 9.17) is 5.11 Å². The Labute approximate surface area is 115 Å². The van der Waals surface area contributed by atoms with E-state index >= 15 is 0 Å². The maximum Gasteiger partial charge on any atom is 0.337 e. The second kappa shape index (κ2) is 5.30. The standard InChI is InChI=1S/C13H14N2O5/c1-14-6-7-15(12(18)11(14)17)9-4-2-8(3-5-9)10(16)13(19)20/h2-5,10,16H,6-7H2,1H3,(H,19,20). The van der Waals surface area contributed by atoms with E-state index < -0.39 is 23.9 Å². The van der Waals surface area contributed by atoms with Crippen LogP contribution in [0.2, 0.25) is 0 Å². The van der Waals surface area contributed by atoms with Crippen molar-refractivity contribution in [3.63, 3.8) is 0 Å². The van der Waals surface area contributed by atoms with Crippen LogP contribution < -0.4 is 4.90 Å². The van der Waals surface area contributed by atoms with Crippen molar-refractivity contribution in [3.8, 4) is 0 Å². The number of aliphatic carboxylic acids is 1. The normalized spacial score (nSPS) is 17.3. The van der Waals surface area contributed by atoms with Crippen LogP contribution in [-0.2, 0) is 14.4 Å². The Morgan fingerprint density at radius 3 is 2.30 bits per heavy atom. The molecule has 7 nitrogen and oxygen atoms in total. The number of benzene rings is 1. The summed E-state index contributed by atoms with van der Waals surface area (Å²) in [6, 6.07) is 5.87. The number of hydrogen-bond acceptors (Lipinski definition) is 4. The predicted molar refractivity (Wildman–Crippen MR) is 69.0 cm³/mol. The molecule has 20 heavy (non-hydrogen) atoms. The predicted octanol–water partition coefficient (Wildman–Crippen LogP) is -0.390. The second-order valence-corrected chi connectivity index (χ2v) is 4.52. The summed E-state index contributed by atoms with van der Waals surface area (Å²) in [6.07, 6.45) is -1.60. The number of anilines is 1. The van der Waals surface area contributed by atoms with Crippen LogP contribution in [0.3, 0.4) is 0 Å². The molecular weight excluding hydrogens is 264 g/mol. The second-order valence-electron chi connectivity index (χ2n) is 4.52. The van der Waals surface area contributed by atoms with Crippen molar-refractivity contribution in [1.82, 2.24) is 4.90 Å². The number of carboxylic acid groups (broad SMARTS) is 1. The minimum absolute atomic E-state index is 0.217. The van der Waals surface area contributed by atoms with Crippen LogP contribution in [0, 0.1) is 0 Å². The molecule has 7 heteroatoms. The van der Waals surface area contributed by atoms with Gasteiger partial charge in [0.1, 0.15) is 0 Å². The SMILES string of the molecule is CN1CCN(c2ccc(C(O)C(=O)O)cc2)C(=O)C1=O. The van der Waals surface area contributed by atoms with E-state index in [9.17, 15) is 19.5 Å². The molecule has 1 fully saturated rings. The van der Waals surface area contributed by atoms with Gasteiger partial charge in [0.15, 0.2) is 6.10 Å². The molecule has 106 valence electrons. The largest absolute Gasteiger partial charge is 0.479 e. The number of hydrogen-bond donors (Lipinski definition) is 2. The van der Waals surface area contributed by atoms with Gasteiger partial charge in [0, 0.05) is 25.8 Å². The molecule has 0 saturated carbocycles. The fourth-order valence-electron chi connectivity index (χ4n) is 1.96. The molecule has 1 atom stereocenters. The minimum atomic E-state index is -1.60. The van der Waals surface area contributed by atoms with Gasteiger partial charge in [-0.1, -0.05) is 12.1 Å². The zero-order valence-corrected chi connectivity index (χ0v) is 10.8. The zero-order valence-electron chi connectivity index (χ0n) is 10.8. The van der Waals surface area contributed by atoms with Gasteiger partial charge in [0.25, 0.3) is 0 Å². The quantitative estimate of drug-likeness (QED) is 0.734. The molecule has 1 aliphatic heterocycles. The van der Waals surface area contributed by atoms with E-state index in [-0.39, 0.29) is 5.56 Å². The fourth-order valence-corrected chi connectivity index (χ4v) is 1.96. The molecule has 0 radical (unpaired) electrons. The molecule has 1 heterocycles. The first-order valence-corrected chi connectivity index (χ1v) is 5.99. The third kappa shape index (κ3) is 2.48. The van der Waals surface area contributed by atoms with Crippen LogP contribution in [-0.4, -0.2) is 53.0 Å². The molecule has 0 aromatic heterocycles. The van der Waals surface area contributed by atoms with Crippen molar-refractivity contribution in [3.05, 3.63) is 29.8 Å². The summed E-state index contributed by atoms with van der Waals surface area (Å²) in [5.74, 6) is -2.54. The Morgan fingerprint density at radius 2 is 1.75 bits per heavy atom. The Balaban J connectivity index is 2.20. The van der Waals surface area contributed by atoms with Crippen LogP contribution in [0.5, 0.6) is 0 Å². The van der Waals surface area contributed by atoms with Crippen molar-refractivity contribution < 1.29 is 24.6 Å². The topological polar surface area (TPSA) is 98.2 Å². The average molecular weight is 278 g/mol. The number of carbonyl (C=O) groups is 3. The van der Waals surface area contributed by atoms with Crippen LogP contribution in [0.4, 0.5) is 5.69 Å². The van der Waals surface area contributed by atoms with Gasteiger partial charge >= 0.3 is 17.8 Å². The lowest BCUT2D eigenvalue weighted by Gasteiger charge is -2.31. The van der Waals surface area contributed by atoms with Crippen LogP contribution >= 0.6 is 0 Å². The van der Waals surface area contributed by atoms with Crippen molar-refractivity contribution in [2.45, 2.75) is 6.10 Å². The zero-order chi connectivity index (χ0) is 14.9. The first-order chi connectivity index (χ1) is 9.41. The molecule has 2 N–H and O–H groups in total. The maximum absolute atomic E-state index is 11.9. The van der Waals surface area contributed by atoms with E-state index in [0.29, 0.717) is 18.8 Å². The molecule has 0 spiro atoms. The van der Waals surface area contributed by atoms with Gasteiger partial charge < -0.3 is 20.0 Å². The number of aliphatic hydroxyl groups is 1. The van der Waals surface area contributed by atoms with Gasteiger partial charge in [-0.3, -0.25) is 9.59 Å². The lowest BCUT2D eigenvalue weighted by molar-refractivity contribution is -0.146. The highest BCUT2D eigenvalue weighted by atomic mass is 16.4. The van der Waals surface area contributed by atoms with Crippen LogP contribution in [0.25, 0.3) is 0 Å². The Hall–Kier alpha value is -2.41. The first-order valence-electron chi connectivity index (χ1n) is 5.99. The Morgan fingerprint density at radius 1 is 1.15 bits per heavy atom. The molecular formula is C13H14N2O5. The highest BCUT2D eigenvalue weighted by Crippen LogP contribution is 2.21. The fraction of sp³-hybridized carbons (Fsp3) is 0.308. The van der Waals surface area contributed by atoms with Gasteiger partial charge in [0.2, 0.25) is 0 Å². The first kappa shape index (κ1) is 14.0. The number of rotatable bonds is 3. The summed E-state index contributed by atoms with van der Waals surface area (Å²) in [5, 5.41) is 18.1. The number of carboxylic acids is 1. The van der Waals surface area contributed by atoms with E-state index in [2.05, 4.69) is 0 Å². The van der Waals surface area contributed by atoms with Crippen molar-refractivity contribution in [2.24, 2.45) is 0 Å². The van der Waals surface area contributed by atoms with Crippen molar-refractivity contribution in [2.75, 3.05) is 25.0 Å². The summed E-state index contributed by atoms with van der Waals surface area (Å²) >= 11 is 0. The smallest absolute Gasteiger partial charge is 0.337 e. The highest BCUT2D eigenvalue weighted by Gasteiger charge is 2.31. The molecule has 0 bridgehead atoms. The number of piperazine rings is 1. The highest BCUT2D eigenvalue weighted by molar-refractivity contribution is 6.40. The summed E-state index contributed by atoms with van der Waals surface area (Å²) < 4.78 is 0. The Bertz CT molecular complexity index is 554. The Kier molecular flexibility index (Phi) is 3.71. The lowest BCUT2D eigenvalue weighted by atomic mass is 10.1. The third-order valence-corrected chi connectivity index (χ3v) is 3.19. The van der Waals surface area contributed by atoms with Gasteiger partial charge in [-0.25, -0.2) is 4.79 Å². The maximum atomic E-state index is 11.9. The van der Waals surface area contributed by atoms with Crippen LogP contribution in [0.15, 0.2) is 24.3 Å². The van der Waals surface area contributed by atoms with Gasteiger partial charge in [-0.05, 0) is 17.7 Å². The molecule has 1 aliphatic rings. The summed E-state index contributed by atoms with van der Waals surface area (Å²) in [7, 11) is 1.56. The van der Waals surface area contributed by atoms with E-state index in [1.807, 2.05) is 0 Å². The molecule has 1 aromatic rings. The summed E-state index contributed by atoms with van der Waals surface area (Å²) in [5.41, 5.74) is 0.715. The number of nitrogens with zero attached hydrogens (tertiary/aromatic N) is 2. The number of aliphatic hydroxyl groups excluding tert-OH is 1. The lowest BCUT2D eigenvalue weighted by Crippen LogP contribution is -2.53. The van der Waals surface area contributed by atoms with E-state index in [1.165, 1.54) is 34.1 Å². The molecule has 2 rings (SSSR count). The molecule has 1 unspecified atom stereocenters. The van der Waals surface area contributed by atoms with Crippen molar-refractivity contribution in [1.29, 1.82) is 0 Å². The van der Waals surface area contributed by atoms with Crippen LogP contribution in [0.1, 0.15) is 11.7 Å². The van der Waals surface area contributed by atoms with Gasteiger partial charge in [0.05, 0.1) is 0 Å². The third-order valence-electron chi connectivity index (χ3n) is 3.19. The van der Waals surface area contributed by atoms with E-state index in [1.54, 1.807) is 7.05 Å². The number of likely N-dealkylation sites (N-methyl/N-ethyl adjacent to an activating group) is 1. The monoisotopic (exact) mass is 278 g/mol. The molecule has 1 aromatic carbocycles. The molecule has 2 amide bonds. The minimum Gasteiger partial charge on any atom is -0.479 e. The van der Waals surface area contributed by atoms with Gasteiger partial charge in [-0.2, -0.15) is 0 Å². The summed E-state index contributed by atoms with van der Waals surface area (Å²) in [4.78, 5) is 36.8. The summed E-state index contributed by atoms with van der Waals surface area (Å²) in [6.45, 7) is 0.811. The van der Waals surface area contributed by atoms with Gasteiger partial charge in [-0.15, -0.1) is 0 Å². The number of carbonyl (C=O) groups excluding carboxylic acids is 2. The molecule has 1 saturated heterocycles. The molecule has 0 aliphatic carbocycles.